The fraction of sp³-hybridized carbons (Fsp3) is 0.362. The van der Waals surface area contributed by atoms with E-state index in [1.54, 1.807) is 16.0 Å². The van der Waals surface area contributed by atoms with E-state index in [2.05, 4.69) is 55.9 Å². The van der Waals surface area contributed by atoms with Gasteiger partial charge in [0, 0.05) is 23.5 Å². The van der Waals surface area contributed by atoms with Gasteiger partial charge in [0.2, 0.25) is 5.91 Å². The van der Waals surface area contributed by atoms with Gasteiger partial charge in [-0.15, -0.1) is 0 Å². The highest BCUT2D eigenvalue weighted by Gasteiger charge is 2.37. The molecular weight excluding hydrogens is 789 g/mol. The van der Waals surface area contributed by atoms with Gasteiger partial charge in [-0.05, 0) is 84.0 Å². The van der Waals surface area contributed by atoms with Crippen LogP contribution in [0.2, 0.25) is 0 Å². The van der Waals surface area contributed by atoms with Gasteiger partial charge in [0.05, 0.1) is 49.7 Å². The first-order valence-electron chi connectivity index (χ1n) is 21.1. The summed E-state index contributed by atoms with van der Waals surface area (Å²) in [7, 11) is 2.56. The molecule has 0 radical (unpaired) electrons. The topological polar surface area (TPSA) is 184 Å². The molecule has 1 saturated heterocycles. The average Bonchev–Trinajstić information content (AvgIpc) is 4.08. The first-order valence-corrected chi connectivity index (χ1v) is 21.1. The van der Waals surface area contributed by atoms with E-state index in [1.807, 2.05) is 70.2 Å². The molecule has 4 aromatic carbocycles. The minimum absolute atomic E-state index is 0.0928. The van der Waals surface area contributed by atoms with Crippen molar-refractivity contribution in [1.82, 2.24) is 40.4 Å². The fourth-order valence-electron chi connectivity index (χ4n) is 8.52. The number of carbonyl (C=O) groups excluding carboxylic acids is 4. The van der Waals surface area contributed by atoms with Crippen LogP contribution >= 0.6 is 0 Å². The zero-order chi connectivity index (χ0) is 43.7. The normalized spacial score (nSPS) is 15.9. The summed E-state index contributed by atoms with van der Waals surface area (Å²) in [4.78, 5) is 72.5. The van der Waals surface area contributed by atoms with Crippen LogP contribution in [0, 0.1) is 5.92 Å². The predicted molar refractivity (Wildman–Crippen MR) is 234 cm³/mol. The minimum atomic E-state index is -0.904. The molecule has 62 heavy (non-hydrogen) atoms. The van der Waals surface area contributed by atoms with Crippen molar-refractivity contribution in [2.24, 2.45) is 5.92 Å². The van der Waals surface area contributed by atoms with Crippen molar-refractivity contribution in [2.75, 3.05) is 20.8 Å². The van der Waals surface area contributed by atoms with Crippen LogP contribution in [0.3, 0.4) is 0 Å². The highest BCUT2D eigenvalue weighted by molar-refractivity contribution is 6.07. The van der Waals surface area contributed by atoms with Gasteiger partial charge in [-0.2, -0.15) is 0 Å². The average molecular weight is 841 g/mol. The third-order valence-corrected chi connectivity index (χ3v) is 12.1. The number of imidazole rings is 2. The summed E-state index contributed by atoms with van der Waals surface area (Å²) >= 11 is 0. The molecule has 2 aliphatic heterocycles. The molecule has 8 rings (SSSR count). The summed E-state index contributed by atoms with van der Waals surface area (Å²) in [6.45, 7) is 8.94. The van der Waals surface area contributed by atoms with E-state index >= 15 is 0 Å². The van der Waals surface area contributed by atoms with E-state index in [0.717, 1.165) is 74.8 Å². The monoisotopic (exact) mass is 840 g/mol. The molecule has 6 aromatic rings. The molecule has 0 saturated carbocycles. The number of carbonyl (C=O) groups is 4. The number of alkyl carbamates (subject to hydrolysis) is 2. The number of likely N-dealkylation sites (tertiary alicyclic amines) is 1. The Bertz CT molecular complexity index is 2640. The number of rotatable bonds is 12. The van der Waals surface area contributed by atoms with Crippen LogP contribution in [0.4, 0.5) is 9.59 Å². The maximum atomic E-state index is 14.1. The van der Waals surface area contributed by atoms with E-state index in [-0.39, 0.29) is 36.4 Å². The maximum Gasteiger partial charge on any atom is 0.407 e. The fourth-order valence-corrected chi connectivity index (χ4v) is 8.52. The quantitative estimate of drug-likeness (QED) is 0.0951. The predicted octanol–water partition coefficient (Wildman–Crippen LogP) is 7.93. The minimum Gasteiger partial charge on any atom is -0.488 e. The van der Waals surface area contributed by atoms with Crippen LogP contribution in [-0.4, -0.2) is 86.6 Å². The molecule has 4 N–H and O–H groups in total. The summed E-state index contributed by atoms with van der Waals surface area (Å²) in [6, 6.07) is 21.7. The van der Waals surface area contributed by atoms with E-state index in [4.69, 9.17) is 19.2 Å². The van der Waals surface area contributed by atoms with Crippen LogP contribution in [0.1, 0.15) is 81.8 Å². The van der Waals surface area contributed by atoms with Crippen molar-refractivity contribution in [3.63, 3.8) is 0 Å². The number of H-pyrrole nitrogens is 2. The smallest absolute Gasteiger partial charge is 0.407 e. The molecule has 0 bridgehead atoms. The summed E-state index contributed by atoms with van der Waals surface area (Å²) in [6.07, 6.45) is 2.71. The first kappa shape index (κ1) is 41.8. The molecule has 0 aliphatic carbocycles. The lowest BCUT2D eigenvalue weighted by Gasteiger charge is -2.33. The SMILES string of the molecule is CC[C@H](C)N(Cc1ncc(-c2ccc3c(c2)COc2cc4c(ccc5[nH]c([C@@H]6CCCN6C(=O)[C@H](NC(=O)OC)c6ccccc6)nc54)cc2-3)[nH]1)C(=O)[C@@H](NC(=O)OC)C(C)C. The number of aromatic nitrogens is 4. The number of hydrogen-bond donors (Lipinski definition) is 4. The number of ether oxygens (including phenoxy) is 3. The second kappa shape index (κ2) is 17.6. The summed E-state index contributed by atoms with van der Waals surface area (Å²) in [5.41, 5.74) is 7.14. The molecule has 0 spiro atoms. The number of methoxy groups -OCH3 is 2. The lowest BCUT2D eigenvalue weighted by atomic mass is 9.92. The number of nitrogens with zero attached hydrogens (tertiary/aromatic N) is 4. The van der Waals surface area contributed by atoms with E-state index in [0.29, 0.717) is 30.4 Å². The maximum absolute atomic E-state index is 14.1. The van der Waals surface area contributed by atoms with Crippen LogP contribution in [0.25, 0.3) is 44.2 Å². The van der Waals surface area contributed by atoms with Crippen molar-refractivity contribution >= 4 is 45.8 Å². The van der Waals surface area contributed by atoms with Crippen LogP contribution in [0.15, 0.2) is 79.0 Å². The zero-order valence-corrected chi connectivity index (χ0v) is 35.8. The van der Waals surface area contributed by atoms with E-state index in [9.17, 15) is 19.2 Å². The van der Waals surface area contributed by atoms with Crippen molar-refractivity contribution in [2.45, 2.75) is 84.3 Å². The van der Waals surface area contributed by atoms with Gasteiger partial charge in [-0.3, -0.25) is 9.59 Å². The largest absolute Gasteiger partial charge is 0.488 e. The van der Waals surface area contributed by atoms with Gasteiger partial charge in [0.1, 0.15) is 36.1 Å². The number of benzene rings is 4. The molecule has 2 aliphatic rings. The van der Waals surface area contributed by atoms with Gasteiger partial charge in [0.15, 0.2) is 0 Å². The van der Waals surface area contributed by atoms with Crippen LogP contribution in [0.5, 0.6) is 5.75 Å². The Hall–Kier alpha value is -6.90. The Morgan fingerprint density at radius 2 is 1.71 bits per heavy atom. The Morgan fingerprint density at radius 1 is 0.935 bits per heavy atom. The molecule has 2 aromatic heterocycles. The second-order valence-electron chi connectivity index (χ2n) is 16.3. The number of amides is 4. The number of aromatic amines is 2. The summed E-state index contributed by atoms with van der Waals surface area (Å²) in [5, 5.41) is 7.37. The molecule has 15 heteroatoms. The molecule has 322 valence electrons. The zero-order valence-electron chi connectivity index (χ0n) is 35.8. The lowest BCUT2D eigenvalue weighted by Crippen LogP contribution is -2.53. The number of hydrogen-bond acceptors (Lipinski definition) is 9. The van der Waals surface area contributed by atoms with Crippen molar-refractivity contribution in [1.29, 1.82) is 0 Å². The van der Waals surface area contributed by atoms with Gasteiger partial charge in [0.25, 0.3) is 5.91 Å². The van der Waals surface area contributed by atoms with Gasteiger partial charge >= 0.3 is 12.2 Å². The van der Waals surface area contributed by atoms with E-state index < -0.39 is 24.3 Å². The highest BCUT2D eigenvalue weighted by Crippen LogP contribution is 2.43. The van der Waals surface area contributed by atoms with Gasteiger partial charge in [-0.25, -0.2) is 19.6 Å². The molecule has 4 heterocycles. The van der Waals surface area contributed by atoms with Crippen molar-refractivity contribution < 1.29 is 33.4 Å². The van der Waals surface area contributed by atoms with Crippen molar-refractivity contribution in [3.8, 4) is 28.1 Å². The standard InChI is InChI=1S/C47H52N8O7/c1-7-27(4)55(44(56)40(26(2)3)52-46(58)60-5)24-39-48-23-36(49-39)30-15-17-32-31(20-30)25-62-38-22-33-29(21-34(32)38)16-18-35-42(33)51-43(50-35)37-14-11-19-54(37)45(57)41(53-47(59)61-6)28-12-9-8-10-13-28/h8-10,12-13,15-18,20-23,26-27,37,40-41H,7,11,14,19,24-25H2,1-6H3,(H,48,49)(H,50,51)(H,52,58)(H,53,59)/t27-,37-,40-,41+/m0/s1. The Labute approximate surface area is 359 Å². The third-order valence-electron chi connectivity index (χ3n) is 12.1. The summed E-state index contributed by atoms with van der Waals surface area (Å²) < 4.78 is 16.1. The molecular formula is C47H52N8O7. The van der Waals surface area contributed by atoms with Crippen LogP contribution < -0.4 is 15.4 Å². The van der Waals surface area contributed by atoms with Crippen LogP contribution in [-0.2, 0) is 32.2 Å². The van der Waals surface area contributed by atoms with Crippen molar-refractivity contribution in [3.05, 3.63) is 102 Å². The Morgan fingerprint density at radius 3 is 2.45 bits per heavy atom. The second-order valence-corrected chi connectivity index (χ2v) is 16.3. The third kappa shape index (κ3) is 8.14. The Kier molecular flexibility index (Phi) is 11.9. The molecule has 0 unspecified atom stereocenters. The van der Waals surface area contributed by atoms with Gasteiger partial charge < -0.3 is 44.6 Å². The number of nitrogens with one attached hydrogen (secondary N) is 4. The molecule has 15 nitrogen and oxygen atoms in total. The summed E-state index contributed by atoms with van der Waals surface area (Å²) in [5.74, 6) is 1.51. The van der Waals surface area contributed by atoms with Gasteiger partial charge in [-0.1, -0.05) is 69.3 Å². The first-order chi connectivity index (χ1) is 30.0. The molecule has 4 amide bonds. The molecule has 1 fully saturated rings. The molecule has 4 atom stereocenters. The number of fused-ring (bicyclic) bond motifs is 6. The Balaban J connectivity index is 1.03. The lowest BCUT2D eigenvalue weighted by molar-refractivity contribution is -0.137. The van der Waals surface area contributed by atoms with E-state index in [1.165, 1.54) is 14.2 Å². The highest BCUT2D eigenvalue weighted by atomic mass is 16.5.